The lowest BCUT2D eigenvalue weighted by Crippen LogP contribution is -2.25. The van der Waals surface area contributed by atoms with Crippen molar-refractivity contribution in [2.45, 2.75) is 20.8 Å². The first kappa shape index (κ1) is 10.7. The van der Waals surface area contributed by atoms with Crippen LogP contribution in [0, 0.1) is 5.92 Å². The first-order chi connectivity index (χ1) is 5.43. The van der Waals surface area contributed by atoms with Gasteiger partial charge in [0.25, 0.3) is 0 Å². The third-order valence-corrected chi connectivity index (χ3v) is 1.04. The number of carbonyl (C=O) groups is 2. The van der Waals surface area contributed by atoms with Gasteiger partial charge in [-0.3, -0.25) is 4.79 Å². The number of carbonyl (C=O) groups excluding carboxylic acids is 1. The molecule has 0 aliphatic carbocycles. The van der Waals surface area contributed by atoms with E-state index < -0.39 is 5.97 Å². The molecule has 0 aromatic rings. The van der Waals surface area contributed by atoms with E-state index in [4.69, 9.17) is 5.11 Å². The van der Waals surface area contributed by atoms with Gasteiger partial charge in [0, 0.05) is 6.92 Å². The van der Waals surface area contributed by atoms with E-state index in [-0.39, 0.29) is 17.5 Å². The summed E-state index contributed by atoms with van der Waals surface area (Å²) in [5.41, 5.74) is -0.0579. The molecule has 0 unspecified atom stereocenters. The Morgan fingerprint density at radius 2 is 1.92 bits per heavy atom. The highest BCUT2D eigenvalue weighted by Crippen LogP contribution is 1.99. The van der Waals surface area contributed by atoms with Crippen LogP contribution in [0.25, 0.3) is 0 Å². The van der Waals surface area contributed by atoms with Crippen LogP contribution in [0.2, 0.25) is 0 Å². The molecule has 0 spiro atoms. The minimum absolute atomic E-state index is 0.0579. The summed E-state index contributed by atoms with van der Waals surface area (Å²) in [7, 11) is 0. The van der Waals surface area contributed by atoms with E-state index >= 15 is 0 Å². The lowest BCUT2D eigenvalue weighted by atomic mass is 10.2. The highest BCUT2D eigenvalue weighted by molar-refractivity contribution is 5.91. The van der Waals surface area contributed by atoms with Gasteiger partial charge in [-0.25, -0.2) is 4.79 Å². The van der Waals surface area contributed by atoms with Crippen molar-refractivity contribution >= 4 is 11.9 Å². The Bertz CT molecular complexity index is 218. The molecule has 0 heterocycles. The number of hydrogen-bond acceptors (Lipinski definition) is 2. The van der Waals surface area contributed by atoms with Crippen LogP contribution in [0.3, 0.4) is 0 Å². The smallest absolute Gasteiger partial charge is 0.352 e. The van der Waals surface area contributed by atoms with Crippen LogP contribution in [-0.4, -0.2) is 17.0 Å². The molecule has 1 amide bonds. The molecule has 0 aliphatic heterocycles. The lowest BCUT2D eigenvalue weighted by Gasteiger charge is -2.03. The van der Waals surface area contributed by atoms with E-state index in [2.05, 4.69) is 5.32 Å². The van der Waals surface area contributed by atoms with Crippen molar-refractivity contribution in [1.82, 2.24) is 5.32 Å². The number of nitrogens with one attached hydrogen (secondary N) is 1. The molecule has 2 N–H and O–H groups in total. The molecule has 0 rings (SSSR count). The predicted molar refractivity (Wildman–Crippen MR) is 44.4 cm³/mol. The average Bonchev–Trinajstić information content (AvgIpc) is 1.83. The van der Waals surface area contributed by atoms with Crippen molar-refractivity contribution < 1.29 is 14.7 Å². The molecule has 0 saturated carbocycles. The maximum Gasteiger partial charge on any atom is 0.352 e. The molecule has 68 valence electrons. The van der Waals surface area contributed by atoms with Crippen molar-refractivity contribution in [3.05, 3.63) is 11.8 Å². The Balaban J connectivity index is 4.44. The van der Waals surface area contributed by atoms with Crippen molar-refractivity contribution in [2.75, 3.05) is 0 Å². The molecule has 0 radical (unpaired) electrons. The molecule has 0 fully saturated rings. The summed E-state index contributed by atoms with van der Waals surface area (Å²) < 4.78 is 0. The lowest BCUT2D eigenvalue weighted by molar-refractivity contribution is -0.134. The number of carboxylic acids is 1. The van der Waals surface area contributed by atoms with Gasteiger partial charge in [0.1, 0.15) is 5.70 Å². The van der Waals surface area contributed by atoms with Crippen LogP contribution in [0.4, 0.5) is 0 Å². The Morgan fingerprint density at radius 1 is 1.42 bits per heavy atom. The van der Waals surface area contributed by atoms with Gasteiger partial charge in [0.05, 0.1) is 0 Å². The number of aliphatic carboxylic acids is 1. The molecule has 12 heavy (non-hydrogen) atoms. The van der Waals surface area contributed by atoms with Gasteiger partial charge in [0.15, 0.2) is 0 Å². The van der Waals surface area contributed by atoms with Gasteiger partial charge in [-0.1, -0.05) is 19.9 Å². The molecule has 0 aromatic heterocycles. The van der Waals surface area contributed by atoms with Crippen LogP contribution in [0.15, 0.2) is 11.8 Å². The zero-order valence-corrected chi connectivity index (χ0v) is 7.42. The summed E-state index contributed by atoms with van der Waals surface area (Å²) in [4.78, 5) is 21.0. The maximum absolute atomic E-state index is 10.5. The number of amides is 1. The quantitative estimate of drug-likeness (QED) is 0.616. The fraction of sp³-hybridized carbons (Fsp3) is 0.500. The van der Waals surface area contributed by atoms with Crippen LogP contribution in [0.1, 0.15) is 20.8 Å². The highest BCUT2D eigenvalue weighted by Gasteiger charge is 2.08. The van der Waals surface area contributed by atoms with Crippen LogP contribution >= 0.6 is 0 Å². The molecular weight excluding hydrogens is 158 g/mol. The normalized spacial score (nSPS) is 11.5. The fourth-order valence-corrected chi connectivity index (χ4v) is 0.689. The average molecular weight is 171 g/mol. The summed E-state index contributed by atoms with van der Waals surface area (Å²) in [6, 6.07) is 0. The van der Waals surface area contributed by atoms with Gasteiger partial charge < -0.3 is 10.4 Å². The zero-order valence-electron chi connectivity index (χ0n) is 7.42. The number of hydrogen-bond donors (Lipinski definition) is 2. The first-order valence-electron chi connectivity index (χ1n) is 3.66. The van der Waals surface area contributed by atoms with Gasteiger partial charge in [0.2, 0.25) is 5.91 Å². The third-order valence-electron chi connectivity index (χ3n) is 1.04. The van der Waals surface area contributed by atoms with Gasteiger partial charge >= 0.3 is 5.97 Å². The van der Waals surface area contributed by atoms with E-state index in [0.29, 0.717) is 0 Å². The van der Waals surface area contributed by atoms with E-state index in [1.165, 1.54) is 13.0 Å². The Hall–Kier alpha value is -1.32. The first-order valence-corrected chi connectivity index (χ1v) is 3.66. The topological polar surface area (TPSA) is 66.4 Å². The van der Waals surface area contributed by atoms with E-state index in [1.807, 2.05) is 13.8 Å². The second-order valence-corrected chi connectivity index (χ2v) is 2.81. The monoisotopic (exact) mass is 171 g/mol. The number of carboxylic acid groups (broad SMARTS) is 1. The molecule has 0 atom stereocenters. The summed E-state index contributed by atoms with van der Waals surface area (Å²) in [5.74, 6) is -1.38. The second-order valence-electron chi connectivity index (χ2n) is 2.81. The minimum Gasteiger partial charge on any atom is -0.477 e. The molecule has 0 aliphatic rings. The van der Waals surface area contributed by atoms with Crippen LogP contribution < -0.4 is 5.32 Å². The summed E-state index contributed by atoms with van der Waals surface area (Å²) in [5, 5.41) is 10.8. The predicted octanol–water partition coefficient (Wildman–Crippen LogP) is 0.747. The van der Waals surface area contributed by atoms with E-state index in [9.17, 15) is 9.59 Å². The summed E-state index contributed by atoms with van der Waals surface area (Å²) in [6.45, 7) is 4.95. The van der Waals surface area contributed by atoms with Crippen molar-refractivity contribution in [2.24, 2.45) is 5.92 Å². The van der Waals surface area contributed by atoms with Crippen LogP contribution in [-0.2, 0) is 9.59 Å². The largest absolute Gasteiger partial charge is 0.477 e. The standard InChI is InChI=1S/C8H13NO3/c1-5(2)4-7(8(11)12)9-6(3)10/h4-5H,1-3H3,(H,9,10)(H,11,12)/b7-4+. The Labute approximate surface area is 71.3 Å². The molecule has 4 nitrogen and oxygen atoms in total. The van der Waals surface area contributed by atoms with Crippen molar-refractivity contribution in [1.29, 1.82) is 0 Å². The Morgan fingerprint density at radius 3 is 2.17 bits per heavy atom. The molecule has 0 aromatic carbocycles. The van der Waals surface area contributed by atoms with Gasteiger partial charge in [-0.2, -0.15) is 0 Å². The summed E-state index contributed by atoms with van der Waals surface area (Å²) >= 11 is 0. The highest BCUT2D eigenvalue weighted by atomic mass is 16.4. The number of rotatable bonds is 3. The molecular formula is C8H13NO3. The zero-order chi connectivity index (χ0) is 9.72. The Kier molecular flexibility index (Phi) is 4.04. The second kappa shape index (κ2) is 4.54. The van der Waals surface area contributed by atoms with E-state index in [1.54, 1.807) is 0 Å². The number of allylic oxidation sites excluding steroid dienone is 1. The molecule has 4 heteroatoms. The van der Waals surface area contributed by atoms with E-state index in [0.717, 1.165) is 0 Å². The minimum atomic E-state index is -1.11. The van der Waals surface area contributed by atoms with Crippen molar-refractivity contribution in [3.63, 3.8) is 0 Å². The molecule has 0 bridgehead atoms. The van der Waals surface area contributed by atoms with Crippen molar-refractivity contribution in [3.8, 4) is 0 Å². The van der Waals surface area contributed by atoms with Crippen LogP contribution in [0.5, 0.6) is 0 Å². The van der Waals surface area contributed by atoms with Gasteiger partial charge in [-0.05, 0) is 5.92 Å². The third kappa shape index (κ3) is 4.49. The summed E-state index contributed by atoms with van der Waals surface area (Å²) in [6.07, 6.45) is 1.49. The fourth-order valence-electron chi connectivity index (χ4n) is 0.689. The SMILES string of the molecule is CC(=O)N/C(=C/C(C)C)C(=O)O. The molecule has 0 saturated heterocycles. The van der Waals surface area contributed by atoms with Gasteiger partial charge in [-0.15, -0.1) is 0 Å². The maximum atomic E-state index is 10.5.